The lowest BCUT2D eigenvalue weighted by atomic mass is 10.1. The average molecular weight is 470 g/mol. The van der Waals surface area contributed by atoms with Crippen molar-refractivity contribution >= 4 is 29.9 Å². The van der Waals surface area contributed by atoms with E-state index in [-0.39, 0.29) is 41.9 Å². The zero-order valence-corrected chi connectivity index (χ0v) is 18.1. The molecule has 0 bridgehead atoms. The van der Waals surface area contributed by atoms with Gasteiger partial charge in [-0.2, -0.15) is 0 Å². The van der Waals surface area contributed by atoms with E-state index in [0.29, 0.717) is 6.54 Å². The lowest BCUT2D eigenvalue weighted by Gasteiger charge is -2.27. The highest BCUT2D eigenvalue weighted by atomic mass is 127. The molecular formula is C20H28FIN4. The molecule has 2 N–H and O–H groups in total. The Morgan fingerprint density at radius 3 is 2.19 bits per heavy atom. The molecule has 2 unspecified atom stereocenters. The van der Waals surface area contributed by atoms with Crippen LogP contribution in [-0.2, 0) is 0 Å². The van der Waals surface area contributed by atoms with Gasteiger partial charge in [-0.1, -0.05) is 42.5 Å². The molecule has 2 rings (SSSR count). The Morgan fingerprint density at radius 1 is 1.04 bits per heavy atom. The Hall–Kier alpha value is -1.67. The fourth-order valence-corrected chi connectivity index (χ4v) is 2.70. The maximum absolute atomic E-state index is 13.2. The smallest absolute Gasteiger partial charge is 0.191 e. The lowest BCUT2D eigenvalue weighted by molar-refractivity contribution is 0.298. The molecule has 0 aromatic heterocycles. The van der Waals surface area contributed by atoms with E-state index in [1.54, 1.807) is 7.05 Å². The topological polar surface area (TPSA) is 39.7 Å². The molecule has 26 heavy (non-hydrogen) atoms. The number of likely N-dealkylation sites (N-methyl/N-ethyl adjacent to an activating group) is 1. The number of benzene rings is 2. The van der Waals surface area contributed by atoms with E-state index in [0.717, 1.165) is 11.5 Å². The highest BCUT2D eigenvalue weighted by Gasteiger charge is 2.15. The monoisotopic (exact) mass is 470 g/mol. The second-order valence-corrected chi connectivity index (χ2v) is 6.26. The second kappa shape index (κ2) is 11.1. The van der Waals surface area contributed by atoms with Crippen LogP contribution in [0.15, 0.2) is 59.6 Å². The fourth-order valence-electron chi connectivity index (χ4n) is 2.70. The van der Waals surface area contributed by atoms with Crippen molar-refractivity contribution < 1.29 is 4.39 Å². The number of rotatable bonds is 6. The van der Waals surface area contributed by atoms with E-state index >= 15 is 0 Å². The molecule has 6 heteroatoms. The molecular weight excluding hydrogens is 442 g/mol. The van der Waals surface area contributed by atoms with Gasteiger partial charge in [-0.25, -0.2) is 4.39 Å². The Balaban J connectivity index is 0.00000338. The number of hydrogen-bond donors (Lipinski definition) is 2. The van der Waals surface area contributed by atoms with Crippen LogP contribution in [0.4, 0.5) is 4.39 Å². The van der Waals surface area contributed by atoms with Crippen molar-refractivity contribution in [3.8, 4) is 0 Å². The summed E-state index contributed by atoms with van der Waals surface area (Å²) in [6, 6.07) is 17.1. The first-order chi connectivity index (χ1) is 12.0. The van der Waals surface area contributed by atoms with Crippen molar-refractivity contribution in [1.29, 1.82) is 0 Å². The van der Waals surface area contributed by atoms with Crippen LogP contribution in [0, 0.1) is 5.82 Å². The first kappa shape index (κ1) is 22.4. The highest BCUT2D eigenvalue weighted by Crippen LogP contribution is 2.18. The Bertz CT molecular complexity index is 674. The standard InChI is InChI=1S/C20H27FN4.HI/c1-15(16-8-6-5-7-9-16)24-20(22-2)23-14-19(25(3)4)17-10-12-18(21)13-11-17;/h5-13,15,19H,14H2,1-4H3,(H2,22,23,24);1H. The lowest BCUT2D eigenvalue weighted by Crippen LogP contribution is -2.42. The summed E-state index contributed by atoms with van der Waals surface area (Å²) in [4.78, 5) is 6.41. The van der Waals surface area contributed by atoms with Crippen molar-refractivity contribution in [3.63, 3.8) is 0 Å². The van der Waals surface area contributed by atoms with Crippen LogP contribution in [0.3, 0.4) is 0 Å². The molecule has 0 spiro atoms. The van der Waals surface area contributed by atoms with Crippen LogP contribution in [0.25, 0.3) is 0 Å². The van der Waals surface area contributed by atoms with Gasteiger partial charge < -0.3 is 15.5 Å². The van der Waals surface area contributed by atoms with Crippen molar-refractivity contribution in [2.45, 2.75) is 19.0 Å². The molecule has 2 aromatic carbocycles. The molecule has 2 aromatic rings. The van der Waals surface area contributed by atoms with Crippen molar-refractivity contribution in [3.05, 3.63) is 71.5 Å². The van der Waals surface area contributed by atoms with Crippen LogP contribution in [-0.4, -0.2) is 38.5 Å². The van der Waals surface area contributed by atoms with Gasteiger partial charge in [0.05, 0.1) is 12.1 Å². The van der Waals surface area contributed by atoms with Gasteiger partial charge in [-0.05, 0) is 44.3 Å². The van der Waals surface area contributed by atoms with Crippen molar-refractivity contribution in [1.82, 2.24) is 15.5 Å². The number of nitrogens with zero attached hydrogens (tertiary/aromatic N) is 2. The molecule has 0 saturated carbocycles. The van der Waals surface area contributed by atoms with E-state index in [9.17, 15) is 4.39 Å². The molecule has 0 radical (unpaired) electrons. The molecule has 2 atom stereocenters. The minimum atomic E-state index is -0.219. The normalized spacial score (nSPS) is 13.7. The molecule has 0 heterocycles. The van der Waals surface area contributed by atoms with Gasteiger partial charge in [0.2, 0.25) is 0 Å². The fraction of sp³-hybridized carbons (Fsp3) is 0.350. The SMILES string of the molecule is CN=C(NCC(c1ccc(F)cc1)N(C)C)NC(C)c1ccccc1.I. The summed E-state index contributed by atoms with van der Waals surface area (Å²) < 4.78 is 13.2. The third-order valence-corrected chi connectivity index (χ3v) is 4.22. The Kier molecular flexibility index (Phi) is 9.58. The first-order valence-corrected chi connectivity index (χ1v) is 8.45. The maximum atomic E-state index is 13.2. The van der Waals surface area contributed by atoms with E-state index in [1.807, 2.05) is 44.4 Å². The van der Waals surface area contributed by atoms with E-state index < -0.39 is 0 Å². The molecule has 0 fully saturated rings. The summed E-state index contributed by atoms with van der Waals surface area (Å²) in [7, 11) is 5.78. The van der Waals surface area contributed by atoms with Crippen LogP contribution < -0.4 is 10.6 Å². The van der Waals surface area contributed by atoms with Gasteiger partial charge >= 0.3 is 0 Å². The minimum absolute atomic E-state index is 0. The zero-order chi connectivity index (χ0) is 18.2. The zero-order valence-electron chi connectivity index (χ0n) is 15.7. The summed E-state index contributed by atoms with van der Waals surface area (Å²) in [5, 5.41) is 6.77. The molecule has 0 aliphatic carbocycles. The number of nitrogens with one attached hydrogen (secondary N) is 2. The van der Waals surface area contributed by atoms with Crippen LogP contribution in [0.5, 0.6) is 0 Å². The van der Waals surface area contributed by atoms with E-state index in [4.69, 9.17) is 0 Å². The molecule has 0 aliphatic rings. The van der Waals surface area contributed by atoms with E-state index in [1.165, 1.54) is 17.7 Å². The highest BCUT2D eigenvalue weighted by molar-refractivity contribution is 14.0. The van der Waals surface area contributed by atoms with Crippen molar-refractivity contribution in [2.24, 2.45) is 4.99 Å². The van der Waals surface area contributed by atoms with Crippen molar-refractivity contribution in [2.75, 3.05) is 27.7 Å². The van der Waals surface area contributed by atoms with Gasteiger partial charge in [0.1, 0.15) is 5.82 Å². The number of halogens is 2. The summed E-state index contributed by atoms with van der Waals surface area (Å²) in [5.41, 5.74) is 2.26. The summed E-state index contributed by atoms with van der Waals surface area (Å²) >= 11 is 0. The van der Waals surface area contributed by atoms with Gasteiger partial charge in [0.15, 0.2) is 5.96 Å². The number of aliphatic imine (C=N–C) groups is 1. The minimum Gasteiger partial charge on any atom is -0.354 e. The predicted molar refractivity (Wildman–Crippen MR) is 118 cm³/mol. The van der Waals surface area contributed by atoms with Crippen LogP contribution in [0.2, 0.25) is 0 Å². The summed E-state index contributed by atoms with van der Waals surface area (Å²) in [6.45, 7) is 2.77. The third kappa shape index (κ3) is 6.57. The largest absolute Gasteiger partial charge is 0.354 e. The molecule has 0 aliphatic heterocycles. The third-order valence-electron chi connectivity index (χ3n) is 4.22. The van der Waals surface area contributed by atoms with Gasteiger partial charge in [-0.3, -0.25) is 4.99 Å². The average Bonchev–Trinajstić information content (AvgIpc) is 2.62. The summed E-state index contributed by atoms with van der Waals surface area (Å²) in [6.07, 6.45) is 0. The first-order valence-electron chi connectivity index (χ1n) is 8.45. The summed E-state index contributed by atoms with van der Waals surface area (Å²) in [5.74, 6) is 0.522. The van der Waals surface area contributed by atoms with Gasteiger partial charge in [-0.15, -0.1) is 24.0 Å². The van der Waals surface area contributed by atoms with Gasteiger partial charge in [0.25, 0.3) is 0 Å². The molecule has 0 saturated heterocycles. The van der Waals surface area contributed by atoms with Gasteiger partial charge in [0, 0.05) is 13.6 Å². The van der Waals surface area contributed by atoms with E-state index in [2.05, 4.69) is 39.6 Å². The van der Waals surface area contributed by atoms with Crippen LogP contribution >= 0.6 is 24.0 Å². The second-order valence-electron chi connectivity index (χ2n) is 6.26. The molecule has 0 amide bonds. The maximum Gasteiger partial charge on any atom is 0.191 e. The predicted octanol–water partition coefficient (Wildman–Crippen LogP) is 3.97. The Morgan fingerprint density at radius 2 is 1.65 bits per heavy atom. The number of guanidine groups is 1. The Labute approximate surface area is 172 Å². The van der Waals surface area contributed by atoms with Crippen LogP contribution in [0.1, 0.15) is 30.1 Å². The number of hydrogen-bond acceptors (Lipinski definition) is 2. The molecule has 4 nitrogen and oxygen atoms in total. The molecule has 142 valence electrons. The quantitative estimate of drug-likeness (QED) is 0.382.